The maximum atomic E-state index is 9.50. The molecule has 2 aromatic carbocycles. The first-order valence-corrected chi connectivity index (χ1v) is 6.86. The van der Waals surface area contributed by atoms with Gasteiger partial charge in [0.25, 0.3) is 0 Å². The summed E-state index contributed by atoms with van der Waals surface area (Å²) in [4.78, 5) is 10.8. The molecule has 0 saturated carbocycles. The van der Waals surface area contributed by atoms with Crippen LogP contribution in [0.25, 0.3) is 22.3 Å². The van der Waals surface area contributed by atoms with Gasteiger partial charge in [-0.25, -0.2) is 9.97 Å². The van der Waals surface area contributed by atoms with Gasteiger partial charge in [-0.1, -0.05) is 11.6 Å². The Labute approximate surface area is 127 Å². The third-order valence-electron chi connectivity index (χ3n) is 3.27. The van der Waals surface area contributed by atoms with Crippen LogP contribution in [-0.2, 0) is 0 Å². The summed E-state index contributed by atoms with van der Waals surface area (Å²) in [5.74, 6) is 0.722. The molecule has 0 spiro atoms. The second kappa shape index (κ2) is 5.22. The Morgan fingerprint density at radius 1 is 1.00 bits per heavy atom. The Kier molecular flexibility index (Phi) is 3.39. The summed E-state index contributed by atoms with van der Waals surface area (Å²) in [5.41, 5.74) is 2.72. The summed E-state index contributed by atoms with van der Waals surface area (Å²) in [6.07, 6.45) is 0. The minimum absolute atomic E-state index is 0.149. The predicted molar refractivity (Wildman–Crippen MR) is 86.0 cm³/mol. The van der Waals surface area contributed by atoms with Crippen molar-refractivity contribution in [1.82, 2.24) is 9.97 Å². The molecular weight excluding hydrogens is 286 g/mol. The highest BCUT2D eigenvalue weighted by atomic mass is 35.5. The number of phenols is 1. The van der Waals surface area contributed by atoms with Gasteiger partial charge in [0.1, 0.15) is 10.9 Å². The van der Waals surface area contributed by atoms with E-state index in [1.807, 2.05) is 43.3 Å². The zero-order valence-electron chi connectivity index (χ0n) is 11.7. The lowest BCUT2D eigenvalue weighted by atomic mass is 10.1. The minimum Gasteiger partial charge on any atom is -0.508 e. The molecule has 3 aromatic rings. The van der Waals surface area contributed by atoms with Crippen molar-refractivity contribution in [3.8, 4) is 17.1 Å². The number of aromatic hydroxyl groups is 1. The van der Waals surface area contributed by atoms with Gasteiger partial charge in [0.05, 0.1) is 5.52 Å². The number of anilines is 1. The number of halogens is 1. The summed E-state index contributed by atoms with van der Waals surface area (Å²) < 4.78 is 0. The maximum Gasteiger partial charge on any atom is 0.161 e. The van der Waals surface area contributed by atoms with Gasteiger partial charge in [-0.15, -0.1) is 0 Å². The molecule has 0 aliphatic carbocycles. The van der Waals surface area contributed by atoms with Crippen molar-refractivity contribution >= 4 is 28.2 Å². The fraction of sp³-hybridized carbons (Fsp3) is 0.125. The highest BCUT2D eigenvalue weighted by Crippen LogP contribution is 2.28. The maximum absolute atomic E-state index is 9.50. The normalized spacial score (nSPS) is 10.8. The molecule has 1 aromatic heterocycles. The smallest absolute Gasteiger partial charge is 0.161 e. The Morgan fingerprint density at radius 2 is 1.71 bits per heavy atom. The van der Waals surface area contributed by atoms with Gasteiger partial charge in [-0.2, -0.15) is 0 Å². The van der Waals surface area contributed by atoms with E-state index in [0.29, 0.717) is 21.9 Å². The van der Waals surface area contributed by atoms with E-state index in [9.17, 15) is 5.11 Å². The van der Waals surface area contributed by atoms with Crippen molar-refractivity contribution in [2.24, 2.45) is 0 Å². The van der Waals surface area contributed by atoms with Crippen LogP contribution in [0, 0.1) is 0 Å². The third-order valence-corrected chi connectivity index (χ3v) is 3.56. The van der Waals surface area contributed by atoms with E-state index in [1.165, 1.54) is 0 Å². The number of aromatic nitrogens is 2. The highest BCUT2D eigenvalue weighted by molar-refractivity contribution is 6.34. The average molecular weight is 300 g/mol. The summed E-state index contributed by atoms with van der Waals surface area (Å²) in [6.45, 7) is 0. The standard InChI is InChI=1S/C16H14ClN3O/c1-20(2)11-5-3-10(4-6-11)16-18-14-8-7-12(21)9-13(14)15(17)19-16/h3-9,21H,1-2H3. The number of hydrogen-bond acceptors (Lipinski definition) is 4. The number of rotatable bonds is 2. The molecule has 0 aliphatic heterocycles. The molecule has 0 aliphatic rings. The zero-order valence-corrected chi connectivity index (χ0v) is 12.5. The third kappa shape index (κ3) is 2.62. The van der Waals surface area contributed by atoms with Crippen LogP contribution in [0.2, 0.25) is 5.15 Å². The van der Waals surface area contributed by atoms with E-state index in [1.54, 1.807) is 18.2 Å². The molecule has 4 nitrogen and oxygen atoms in total. The van der Waals surface area contributed by atoms with Crippen LogP contribution in [0.4, 0.5) is 5.69 Å². The number of benzene rings is 2. The molecule has 3 rings (SSSR count). The lowest BCUT2D eigenvalue weighted by molar-refractivity contribution is 0.476. The fourth-order valence-electron chi connectivity index (χ4n) is 2.12. The van der Waals surface area contributed by atoms with Gasteiger partial charge in [0.2, 0.25) is 0 Å². The topological polar surface area (TPSA) is 49.2 Å². The Balaban J connectivity index is 2.10. The van der Waals surface area contributed by atoms with Crippen LogP contribution >= 0.6 is 11.6 Å². The van der Waals surface area contributed by atoms with Gasteiger partial charge in [0, 0.05) is 30.7 Å². The SMILES string of the molecule is CN(C)c1ccc(-c2nc(Cl)c3cc(O)ccc3n2)cc1. The van der Waals surface area contributed by atoms with Crippen molar-refractivity contribution in [2.75, 3.05) is 19.0 Å². The molecule has 0 saturated heterocycles. The van der Waals surface area contributed by atoms with Crippen molar-refractivity contribution in [1.29, 1.82) is 0 Å². The van der Waals surface area contributed by atoms with E-state index in [-0.39, 0.29) is 5.75 Å². The molecule has 21 heavy (non-hydrogen) atoms. The molecule has 0 fully saturated rings. The van der Waals surface area contributed by atoms with Gasteiger partial charge in [0.15, 0.2) is 5.82 Å². The molecule has 0 bridgehead atoms. The van der Waals surface area contributed by atoms with Crippen LogP contribution in [0.15, 0.2) is 42.5 Å². The lowest BCUT2D eigenvalue weighted by Crippen LogP contribution is -2.08. The van der Waals surface area contributed by atoms with Gasteiger partial charge >= 0.3 is 0 Å². The van der Waals surface area contributed by atoms with E-state index in [4.69, 9.17) is 11.6 Å². The van der Waals surface area contributed by atoms with Crippen molar-refractivity contribution < 1.29 is 5.11 Å². The first-order chi connectivity index (χ1) is 10.0. The molecule has 1 heterocycles. The Morgan fingerprint density at radius 3 is 2.38 bits per heavy atom. The minimum atomic E-state index is 0.149. The highest BCUT2D eigenvalue weighted by Gasteiger charge is 2.09. The number of phenolic OH excluding ortho intramolecular Hbond substituents is 1. The summed E-state index contributed by atoms with van der Waals surface area (Å²) in [5, 5.41) is 10.5. The van der Waals surface area contributed by atoms with Crippen molar-refractivity contribution in [3.63, 3.8) is 0 Å². The zero-order chi connectivity index (χ0) is 15.0. The van der Waals surface area contributed by atoms with E-state index in [2.05, 4.69) is 9.97 Å². The van der Waals surface area contributed by atoms with Crippen LogP contribution in [0.3, 0.4) is 0 Å². The van der Waals surface area contributed by atoms with Crippen molar-refractivity contribution in [3.05, 3.63) is 47.6 Å². The summed E-state index contributed by atoms with van der Waals surface area (Å²) in [6, 6.07) is 12.8. The molecular formula is C16H14ClN3O. The second-order valence-corrected chi connectivity index (χ2v) is 5.34. The largest absolute Gasteiger partial charge is 0.508 e. The average Bonchev–Trinajstić information content (AvgIpc) is 2.48. The number of fused-ring (bicyclic) bond motifs is 1. The summed E-state index contributed by atoms with van der Waals surface area (Å²) in [7, 11) is 3.98. The monoisotopic (exact) mass is 299 g/mol. The fourth-order valence-corrected chi connectivity index (χ4v) is 2.35. The Hall–Kier alpha value is -2.33. The van der Waals surface area contributed by atoms with Crippen LogP contribution in [0.1, 0.15) is 0 Å². The van der Waals surface area contributed by atoms with Crippen LogP contribution in [0.5, 0.6) is 5.75 Å². The molecule has 0 atom stereocenters. The van der Waals surface area contributed by atoms with Crippen LogP contribution in [-0.4, -0.2) is 29.2 Å². The van der Waals surface area contributed by atoms with Crippen LogP contribution < -0.4 is 4.90 Å². The van der Waals surface area contributed by atoms with Gasteiger partial charge in [-0.3, -0.25) is 0 Å². The van der Waals surface area contributed by atoms with Crippen molar-refractivity contribution in [2.45, 2.75) is 0 Å². The van der Waals surface area contributed by atoms with Gasteiger partial charge < -0.3 is 10.0 Å². The van der Waals surface area contributed by atoms with E-state index >= 15 is 0 Å². The number of hydrogen-bond donors (Lipinski definition) is 1. The lowest BCUT2D eigenvalue weighted by Gasteiger charge is -2.12. The molecule has 0 unspecified atom stereocenters. The quantitative estimate of drug-likeness (QED) is 0.733. The van der Waals surface area contributed by atoms with Gasteiger partial charge in [-0.05, 0) is 42.5 Å². The first kappa shape index (κ1) is 13.6. The van der Waals surface area contributed by atoms with E-state index in [0.717, 1.165) is 11.3 Å². The molecule has 106 valence electrons. The van der Waals surface area contributed by atoms with E-state index < -0.39 is 0 Å². The molecule has 5 heteroatoms. The second-order valence-electron chi connectivity index (χ2n) is 4.98. The Bertz CT molecular complexity index is 800. The molecule has 0 radical (unpaired) electrons. The number of nitrogens with zero attached hydrogens (tertiary/aromatic N) is 3. The molecule has 1 N–H and O–H groups in total. The predicted octanol–water partition coefficient (Wildman–Crippen LogP) is 3.72. The molecule has 0 amide bonds. The first-order valence-electron chi connectivity index (χ1n) is 6.48. The summed E-state index contributed by atoms with van der Waals surface area (Å²) >= 11 is 6.20.